The highest BCUT2D eigenvalue weighted by molar-refractivity contribution is 5.98. The molecule has 1 aromatic carbocycles. The molecule has 2 aromatic rings. The van der Waals surface area contributed by atoms with Gasteiger partial charge in [-0.2, -0.15) is 0 Å². The number of ether oxygens (including phenoxy) is 1. The SMILES string of the molecule is C[C@H]1CN([C@@H](C)CO)C(=O)c2cc(-c3ccc(F)cc3)cnc2O[C@@H]1CN(C)C(=O)CN(C)C. The Morgan fingerprint density at radius 3 is 2.56 bits per heavy atom. The maximum absolute atomic E-state index is 13.5. The minimum atomic E-state index is -0.416. The normalized spacial score (nSPS) is 19.2. The smallest absolute Gasteiger partial charge is 0.259 e. The molecule has 184 valence electrons. The molecule has 0 saturated carbocycles. The number of fused-ring (bicyclic) bond motifs is 1. The summed E-state index contributed by atoms with van der Waals surface area (Å²) in [5.74, 6) is -0.639. The van der Waals surface area contributed by atoms with Crippen LogP contribution in [0.5, 0.6) is 5.88 Å². The Labute approximate surface area is 199 Å². The largest absolute Gasteiger partial charge is 0.472 e. The van der Waals surface area contributed by atoms with Gasteiger partial charge in [0.2, 0.25) is 11.8 Å². The van der Waals surface area contributed by atoms with Gasteiger partial charge in [0.25, 0.3) is 5.91 Å². The van der Waals surface area contributed by atoms with Gasteiger partial charge < -0.3 is 24.5 Å². The van der Waals surface area contributed by atoms with Crippen LogP contribution in [0.1, 0.15) is 24.2 Å². The molecule has 1 N–H and O–H groups in total. The van der Waals surface area contributed by atoms with Crippen molar-refractivity contribution >= 4 is 11.8 Å². The molecule has 1 aromatic heterocycles. The molecule has 0 spiro atoms. The molecule has 1 aliphatic rings. The van der Waals surface area contributed by atoms with Crippen LogP contribution in [-0.4, -0.2) is 96.1 Å². The van der Waals surface area contributed by atoms with E-state index in [4.69, 9.17) is 4.74 Å². The Kier molecular flexibility index (Phi) is 8.22. The third kappa shape index (κ3) is 5.90. The molecule has 0 unspecified atom stereocenters. The molecule has 9 heteroatoms. The Morgan fingerprint density at radius 2 is 1.94 bits per heavy atom. The van der Waals surface area contributed by atoms with Gasteiger partial charge in [0.05, 0.1) is 25.7 Å². The standard InChI is InChI=1S/C25H33FN4O4/c1-16-12-30(17(2)15-31)25(33)21-10-19(18-6-8-20(26)9-7-18)11-27-24(21)34-22(16)13-29(5)23(32)14-28(3)4/h6-11,16-17,22,31H,12-15H2,1-5H3/t16-,17-,22+/m0/s1. The van der Waals surface area contributed by atoms with Crippen molar-refractivity contribution in [3.8, 4) is 17.0 Å². The highest BCUT2D eigenvalue weighted by atomic mass is 19.1. The number of aliphatic hydroxyl groups is 1. The summed E-state index contributed by atoms with van der Waals surface area (Å²) < 4.78 is 19.6. The second-order valence-electron chi connectivity index (χ2n) is 9.22. The van der Waals surface area contributed by atoms with Gasteiger partial charge in [0, 0.05) is 31.3 Å². The number of nitrogens with zero attached hydrogens (tertiary/aromatic N) is 4. The summed E-state index contributed by atoms with van der Waals surface area (Å²) in [6.07, 6.45) is 1.17. The van der Waals surface area contributed by atoms with Gasteiger partial charge in [-0.1, -0.05) is 19.1 Å². The average Bonchev–Trinajstić information content (AvgIpc) is 2.80. The number of hydrogen-bond acceptors (Lipinski definition) is 6. The zero-order valence-corrected chi connectivity index (χ0v) is 20.4. The Morgan fingerprint density at radius 1 is 1.26 bits per heavy atom. The first-order valence-corrected chi connectivity index (χ1v) is 11.3. The van der Waals surface area contributed by atoms with E-state index in [9.17, 15) is 19.1 Å². The minimum absolute atomic E-state index is 0.0423. The predicted octanol–water partition coefficient (Wildman–Crippen LogP) is 2.13. The second kappa shape index (κ2) is 10.9. The van der Waals surface area contributed by atoms with E-state index in [2.05, 4.69) is 4.98 Å². The van der Waals surface area contributed by atoms with Gasteiger partial charge in [0.15, 0.2) is 0 Å². The van der Waals surface area contributed by atoms with Crippen LogP contribution in [0.15, 0.2) is 36.5 Å². The van der Waals surface area contributed by atoms with Gasteiger partial charge in [-0.05, 0) is 44.8 Å². The summed E-state index contributed by atoms with van der Waals surface area (Å²) in [4.78, 5) is 35.5. The van der Waals surface area contributed by atoms with Gasteiger partial charge in [0.1, 0.15) is 17.5 Å². The van der Waals surface area contributed by atoms with Crippen LogP contribution in [0, 0.1) is 11.7 Å². The Balaban J connectivity index is 1.98. The minimum Gasteiger partial charge on any atom is -0.472 e. The van der Waals surface area contributed by atoms with Crippen molar-refractivity contribution in [2.45, 2.75) is 26.0 Å². The fourth-order valence-electron chi connectivity index (χ4n) is 3.88. The van der Waals surface area contributed by atoms with E-state index in [0.717, 1.165) is 0 Å². The first-order chi connectivity index (χ1) is 16.1. The molecule has 0 saturated heterocycles. The van der Waals surface area contributed by atoms with Crippen molar-refractivity contribution in [3.63, 3.8) is 0 Å². The van der Waals surface area contributed by atoms with E-state index in [0.29, 0.717) is 24.2 Å². The van der Waals surface area contributed by atoms with Crippen molar-refractivity contribution in [1.82, 2.24) is 19.7 Å². The van der Waals surface area contributed by atoms with Crippen LogP contribution in [0.25, 0.3) is 11.1 Å². The van der Waals surface area contributed by atoms with Crippen LogP contribution in [0.3, 0.4) is 0 Å². The summed E-state index contributed by atoms with van der Waals surface area (Å²) in [5.41, 5.74) is 1.63. The fourth-order valence-corrected chi connectivity index (χ4v) is 3.88. The molecule has 0 bridgehead atoms. The zero-order valence-electron chi connectivity index (χ0n) is 20.4. The van der Waals surface area contributed by atoms with Crippen molar-refractivity contribution in [1.29, 1.82) is 0 Å². The maximum Gasteiger partial charge on any atom is 0.259 e. The average molecular weight is 473 g/mol. The topological polar surface area (TPSA) is 86.2 Å². The van der Waals surface area contributed by atoms with Crippen LogP contribution in [0.4, 0.5) is 4.39 Å². The summed E-state index contributed by atoms with van der Waals surface area (Å²) in [6.45, 7) is 4.50. The molecule has 34 heavy (non-hydrogen) atoms. The van der Waals surface area contributed by atoms with E-state index in [1.807, 2.05) is 21.0 Å². The molecule has 8 nitrogen and oxygen atoms in total. The number of benzene rings is 1. The number of hydrogen-bond donors (Lipinski definition) is 1. The second-order valence-corrected chi connectivity index (χ2v) is 9.22. The van der Waals surface area contributed by atoms with Crippen molar-refractivity contribution in [3.05, 3.63) is 47.9 Å². The lowest BCUT2D eigenvalue weighted by molar-refractivity contribution is -0.132. The quantitative estimate of drug-likeness (QED) is 0.665. The van der Waals surface area contributed by atoms with E-state index >= 15 is 0 Å². The monoisotopic (exact) mass is 472 g/mol. The summed E-state index contributed by atoms with van der Waals surface area (Å²) >= 11 is 0. The molecule has 0 radical (unpaired) electrons. The number of carbonyl (C=O) groups excluding carboxylic acids is 2. The predicted molar refractivity (Wildman–Crippen MR) is 127 cm³/mol. The van der Waals surface area contributed by atoms with Gasteiger partial charge in [-0.15, -0.1) is 0 Å². The number of carbonyl (C=O) groups is 2. The number of halogens is 1. The maximum atomic E-state index is 13.5. The van der Waals surface area contributed by atoms with E-state index < -0.39 is 12.1 Å². The first kappa shape index (κ1) is 25.6. The molecule has 0 aliphatic carbocycles. The highest BCUT2D eigenvalue weighted by Crippen LogP contribution is 2.30. The highest BCUT2D eigenvalue weighted by Gasteiger charge is 2.34. The summed E-state index contributed by atoms with van der Waals surface area (Å²) in [6, 6.07) is 7.22. The number of rotatable bonds is 7. The molecule has 3 rings (SSSR count). The first-order valence-electron chi connectivity index (χ1n) is 11.3. The van der Waals surface area contributed by atoms with Crippen LogP contribution in [0.2, 0.25) is 0 Å². The Hall–Kier alpha value is -3.04. The number of aliphatic hydroxyl groups excluding tert-OH is 1. The Bertz CT molecular complexity index is 1010. The van der Waals surface area contributed by atoms with Crippen LogP contribution < -0.4 is 4.74 Å². The van der Waals surface area contributed by atoms with Crippen molar-refractivity contribution in [2.75, 3.05) is 47.4 Å². The number of pyridine rings is 1. The van der Waals surface area contributed by atoms with E-state index in [-0.39, 0.29) is 48.1 Å². The van der Waals surface area contributed by atoms with Crippen molar-refractivity contribution in [2.24, 2.45) is 5.92 Å². The lowest BCUT2D eigenvalue weighted by Gasteiger charge is -2.37. The molecule has 3 atom stereocenters. The molecule has 0 fully saturated rings. The number of amides is 2. The molecule has 2 heterocycles. The lowest BCUT2D eigenvalue weighted by Crippen LogP contribution is -2.51. The van der Waals surface area contributed by atoms with E-state index in [1.165, 1.54) is 12.1 Å². The van der Waals surface area contributed by atoms with Crippen molar-refractivity contribution < 1.29 is 23.8 Å². The third-order valence-corrected chi connectivity index (χ3v) is 6.03. The van der Waals surface area contributed by atoms with Gasteiger partial charge >= 0.3 is 0 Å². The number of aromatic nitrogens is 1. The third-order valence-electron chi connectivity index (χ3n) is 6.03. The van der Waals surface area contributed by atoms with Crippen LogP contribution >= 0.6 is 0 Å². The van der Waals surface area contributed by atoms with Gasteiger partial charge in [-0.3, -0.25) is 9.59 Å². The number of likely N-dealkylation sites (N-methyl/N-ethyl adjacent to an activating group) is 2. The van der Waals surface area contributed by atoms with Crippen LogP contribution in [-0.2, 0) is 4.79 Å². The summed E-state index contributed by atoms with van der Waals surface area (Å²) in [7, 11) is 5.39. The van der Waals surface area contributed by atoms with E-state index in [1.54, 1.807) is 53.1 Å². The lowest BCUT2D eigenvalue weighted by atomic mass is 9.99. The fraction of sp³-hybridized carbons (Fsp3) is 0.480. The van der Waals surface area contributed by atoms with Gasteiger partial charge in [-0.25, -0.2) is 9.37 Å². The molecule has 2 amide bonds. The summed E-state index contributed by atoms with van der Waals surface area (Å²) in [5, 5.41) is 9.79. The zero-order chi connectivity index (χ0) is 25.0. The molecule has 1 aliphatic heterocycles. The molecular formula is C25H33FN4O4. The molecular weight excluding hydrogens is 439 g/mol.